The molecular formula is C13H13N5O2. The second-order valence-corrected chi connectivity index (χ2v) is 4.54. The van der Waals surface area contributed by atoms with E-state index in [-0.39, 0.29) is 23.4 Å². The Bertz CT molecular complexity index is 784. The number of phenolic OH excluding ortho intramolecular Hbond substituents is 2. The van der Waals surface area contributed by atoms with Crippen LogP contribution in [0.3, 0.4) is 0 Å². The van der Waals surface area contributed by atoms with Gasteiger partial charge in [0.2, 0.25) is 5.95 Å². The number of aromatic nitrogens is 4. The molecule has 1 unspecified atom stereocenters. The maximum absolute atomic E-state index is 9.60. The van der Waals surface area contributed by atoms with E-state index in [1.165, 1.54) is 18.5 Å². The van der Waals surface area contributed by atoms with Crippen LogP contribution in [-0.4, -0.2) is 30.1 Å². The van der Waals surface area contributed by atoms with Crippen molar-refractivity contribution in [1.29, 1.82) is 0 Å². The smallest absolute Gasteiger partial charge is 0.222 e. The number of rotatable bonds is 2. The van der Waals surface area contributed by atoms with Gasteiger partial charge in [0.25, 0.3) is 0 Å². The van der Waals surface area contributed by atoms with Gasteiger partial charge in [-0.15, -0.1) is 0 Å². The number of imidazole rings is 1. The Morgan fingerprint density at radius 2 is 2.00 bits per heavy atom. The van der Waals surface area contributed by atoms with E-state index in [4.69, 9.17) is 5.73 Å². The first-order valence-electron chi connectivity index (χ1n) is 6.04. The molecule has 2 aromatic heterocycles. The number of fused-ring (bicyclic) bond motifs is 1. The fourth-order valence-electron chi connectivity index (χ4n) is 2.15. The second-order valence-electron chi connectivity index (χ2n) is 4.54. The zero-order valence-corrected chi connectivity index (χ0v) is 10.7. The van der Waals surface area contributed by atoms with Crippen LogP contribution < -0.4 is 5.73 Å². The number of phenols is 2. The summed E-state index contributed by atoms with van der Waals surface area (Å²) >= 11 is 0. The lowest BCUT2D eigenvalue weighted by atomic mass is 9.96. The SMILES string of the molecule is CC(c1ccc(O)c(O)c1)c1nc(N)nc2nc[nH]c12. The maximum atomic E-state index is 9.60. The van der Waals surface area contributed by atoms with Gasteiger partial charge in [0.15, 0.2) is 17.1 Å². The minimum Gasteiger partial charge on any atom is -0.504 e. The molecule has 3 rings (SSSR count). The number of hydrogen-bond donors (Lipinski definition) is 4. The van der Waals surface area contributed by atoms with Gasteiger partial charge in [-0.3, -0.25) is 0 Å². The number of anilines is 1. The van der Waals surface area contributed by atoms with Gasteiger partial charge in [0.05, 0.1) is 12.0 Å². The van der Waals surface area contributed by atoms with Crippen molar-refractivity contribution in [1.82, 2.24) is 19.9 Å². The molecule has 7 heteroatoms. The van der Waals surface area contributed by atoms with Crippen molar-refractivity contribution in [3.8, 4) is 11.5 Å². The number of benzene rings is 1. The van der Waals surface area contributed by atoms with Crippen molar-refractivity contribution < 1.29 is 10.2 Å². The average Bonchev–Trinajstić information content (AvgIpc) is 2.88. The number of nitrogens with one attached hydrogen (secondary N) is 1. The zero-order chi connectivity index (χ0) is 14.3. The third kappa shape index (κ3) is 1.89. The van der Waals surface area contributed by atoms with Crippen LogP contribution >= 0.6 is 0 Å². The van der Waals surface area contributed by atoms with E-state index < -0.39 is 0 Å². The van der Waals surface area contributed by atoms with Crippen molar-refractivity contribution in [2.45, 2.75) is 12.8 Å². The molecule has 0 aliphatic rings. The number of aromatic amines is 1. The Kier molecular flexibility index (Phi) is 2.67. The molecule has 20 heavy (non-hydrogen) atoms. The molecule has 5 N–H and O–H groups in total. The standard InChI is InChI=1S/C13H13N5O2/c1-6(7-2-3-8(19)9(20)4-7)10-11-12(16-5-15-11)18-13(14)17-10/h2-6,19-20H,1H3,(H3,14,15,16,17,18). The van der Waals surface area contributed by atoms with Crippen LogP contribution in [0.4, 0.5) is 5.95 Å². The number of hydrogen-bond acceptors (Lipinski definition) is 6. The molecule has 0 aliphatic heterocycles. The van der Waals surface area contributed by atoms with Crippen LogP contribution in [0.1, 0.15) is 24.1 Å². The Balaban J connectivity index is 2.14. The summed E-state index contributed by atoms with van der Waals surface area (Å²) in [5.74, 6) is -0.323. The molecule has 2 heterocycles. The predicted octanol–water partition coefficient (Wildman–Crippen LogP) is 1.50. The lowest BCUT2D eigenvalue weighted by Crippen LogP contribution is -2.05. The second kappa shape index (κ2) is 4.37. The Hall–Kier alpha value is -2.83. The fraction of sp³-hybridized carbons (Fsp3) is 0.154. The highest BCUT2D eigenvalue weighted by Gasteiger charge is 2.17. The van der Waals surface area contributed by atoms with Crippen molar-refractivity contribution in [3.05, 3.63) is 35.8 Å². The number of H-pyrrole nitrogens is 1. The van der Waals surface area contributed by atoms with Crippen molar-refractivity contribution in [2.24, 2.45) is 0 Å². The zero-order valence-electron chi connectivity index (χ0n) is 10.7. The highest BCUT2D eigenvalue weighted by atomic mass is 16.3. The Morgan fingerprint density at radius 3 is 2.75 bits per heavy atom. The third-order valence-electron chi connectivity index (χ3n) is 3.24. The highest BCUT2D eigenvalue weighted by molar-refractivity contribution is 5.75. The molecule has 0 radical (unpaired) electrons. The Morgan fingerprint density at radius 1 is 1.20 bits per heavy atom. The third-order valence-corrected chi connectivity index (χ3v) is 3.24. The van der Waals surface area contributed by atoms with E-state index in [2.05, 4.69) is 19.9 Å². The molecule has 7 nitrogen and oxygen atoms in total. The summed E-state index contributed by atoms with van der Waals surface area (Å²) < 4.78 is 0. The summed E-state index contributed by atoms with van der Waals surface area (Å²) in [6, 6.07) is 4.66. The van der Waals surface area contributed by atoms with Gasteiger partial charge in [-0.05, 0) is 17.7 Å². The maximum Gasteiger partial charge on any atom is 0.222 e. The van der Waals surface area contributed by atoms with Gasteiger partial charge < -0.3 is 20.9 Å². The molecule has 0 saturated heterocycles. The van der Waals surface area contributed by atoms with E-state index >= 15 is 0 Å². The van der Waals surface area contributed by atoms with Crippen LogP contribution in [0.2, 0.25) is 0 Å². The average molecular weight is 271 g/mol. The molecule has 1 aromatic carbocycles. The van der Waals surface area contributed by atoms with Gasteiger partial charge in [0.1, 0.15) is 5.52 Å². The first kappa shape index (κ1) is 12.2. The quantitative estimate of drug-likeness (QED) is 0.524. The molecule has 0 saturated carbocycles. The van der Waals surface area contributed by atoms with Crippen molar-refractivity contribution in [3.63, 3.8) is 0 Å². The molecule has 1 atom stereocenters. The molecule has 3 aromatic rings. The minimum atomic E-state index is -0.169. The summed E-state index contributed by atoms with van der Waals surface area (Å²) in [7, 11) is 0. The Labute approximate surface area is 114 Å². The van der Waals surface area contributed by atoms with E-state index in [1.807, 2.05) is 6.92 Å². The summed E-state index contributed by atoms with van der Waals surface area (Å²) in [5, 5.41) is 19.0. The molecule has 0 amide bonds. The van der Waals surface area contributed by atoms with Gasteiger partial charge >= 0.3 is 0 Å². The van der Waals surface area contributed by atoms with Crippen molar-refractivity contribution in [2.75, 3.05) is 5.73 Å². The normalized spacial score (nSPS) is 12.7. The minimum absolute atomic E-state index is 0.144. The van der Waals surface area contributed by atoms with Crippen LogP contribution in [0.15, 0.2) is 24.5 Å². The molecule has 0 fully saturated rings. The molecule has 102 valence electrons. The summed E-state index contributed by atoms with van der Waals surface area (Å²) in [6.45, 7) is 1.92. The number of nitrogens with zero attached hydrogens (tertiary/aromatic N) is 3. The molecule has 0 bridgehead atoms. The van der Waals surface area contributed by atoms with Gasteiger partial charge in [-0.1, -0.05) is 13.0 Å². The number of aromatic hydroxyl groups is 2. The monoisotopic (exact) mass is 271 g/mol. The highest BCUT2D eigenvalue weighted by Crippen LogP contribution is 2.32. The van der Waals surface area contributed by atoms with Gasteiger partial charge in [-0.2, -0.15) is 4.98 Å². The van der Waals surface area contributed by atoms with E-state index in [9.17, 15) is 10.2 Å². The van der Waals surface area contributed by atoms with Crippen molar-refractivity contribution >= 4 is 17.1 Å². The van der Waals surface area contributed by atoms with E-state index in [0.29, 0.717) is 16.9 Å². The van der Waals surface area contributed by atoms with Crippen LogP contribution in [0, 0.1) is 0 Å². The summed E-state index contributed by atoms with van der Waals surface area (Å²) in [5.41, 5.74) is 8.39. The largest absolute Gasteiger partial charge is 0.504 e. The predicted molar refractivity (Wildman–Crippen MR) is 73.4 cm³/mol. The molecule has 0 aliphatic carbocycles. The molecule has 0 spiro atoms. The fourth-order valence-corrected chi connectivity index (χ4v) is 2.15. The summed E-state index contributed by atoms with van der Waals surface area (Å²) in [4.78, 5) is 15.4. The van der Waals surface area contributed by atoms with Crippen LogP contribution in [0.25, 0.3) is 11.2 Å². The van der Waals surface area contributed by atoms with Crippen LogP contribution in [0.5, 0.6) is 11.5 Å². The topological polar surface area (TPSA) is 121 Å². The molecular weight excluding hydrogens is 258 g/mol. The van der Waals surface area contributed by atoms with Gasteiger partial charge in [0, 0.05) is 5.92 Å². The van der Waals surface area contributed by atoms with Gasteiger partial charge in [-0.25, -0.2) is 9.97 Å². The summed E-state index contributed by atoms with van der Waals surface area (Å²) in [6.07, 6.45) is 1.53. The van der Waals surface area contributed by atoms with E-state index in [1.54, 1.807) is 6.07 Å². The lowest BCUT2D eigenvalue weighted by molar-refractivity contribution is 0.403. The van der Waals surface area contributed by atoms with Crippen LogP contribution in [-0.2, 0) is 0 Å². The lowest BCUT2D eigenvalue weighted by Gasteiger charge is -2.13. The number of nitrogens with two attached hydrogens (primary N) is 1. The first-order valence-corrected chi connectivity index (χ1v) is 6.04. The first-order chi connectivity index (χ1) is 9.56. The number of nitrogen functional groups attached to an aromatic ring is 1. The van der Waals surface area contributed by atoms with E-state index in [0.717, 1.165) is 5.56 Å².